The molecule has 3 aromatic rings. The molecule has 11 heteroatoms. The highest BCUT2D eigenvalue weighted by molar-refractivity contribution is 7.90. The molecule has 0 fully saturated rings. The monoisotopic (exact) mass is 434 g/mol. The van der Waals surface area contributed by atoms with Crippen molar-refractivity contribution in [2.24, 2.45) is 0 Å². The number of nitrogens with zero attached hydrogens (tertiary/aromatic N) is 2. The highest BCUT2D eigenvalue weighted by Crippen LogP contribution is 2.27. The van der Waals surface area contributed by atoms with E-state index in [-0.39, 0.29) is 15.5 Å². The van der Waals surface area contributed by atoms with Gasteiger partial charge in [0.25, 0.3) is 5.69 Å². The van der Waals surface area contributed by atoms with Gasteiger partial charge >= 0.3 is 5.97 Å². The molecule has 3 rings (SSSR count). The number of nitro benzene ring substituents is 1. The fourth-order valence-corrected chi connectivity index (χ4v) is 4.21. The molecule has 1 aromatic heterocycles. The lowest BCUT2D eigenvalue weighted by Crippen LogP contribution is -2.18. The summed E-state index contributed by atoms with van der Waals surface area (Å²) in [4.78, 5) is 26.3. The molecule has 150 valence electrons. The van der Waals surface area contributed by atoms with Crippen molar-refractivity contribution < 1.29 is 27.1 Å². The summed E-state index contributed by atoms with van der Waals surface area (Å²) in [7, 11) is -5.81. The largest absolute Gasteiger partial charge is 0.423 e. The first-order chi connectivity index (χ1) is 13.7. The summed E-state index contributed by atoms with van der Waals surface area (Å²) in [5, 5.41) is 12.0. The number of fused-ring (bicyclic) bond motifs is 1. The van der Waals surface area contributed by atoms with Gasteiger partial charge in [0, 0.05) is 23.9 Å². The van der Waals surface area contributed by atoms with E-state index in [4.69, 9.17) is 4.74 Å². The van der Waals surface area contributed by atoms with E-state index in [0.29, 0.717) is 5.52 Å². The molecule has 0 saturated heterocycles. The van der Waals surface area contributed by atoms with Crippen LogP contribution in [0.15, 0.2) is 64.5 Å². The Balaban J connectivity index is 1.84. The minimum absolute atomic E-state index is 0.173. The Hall–Kier alpha value is -3.18. The molecule has 2 aromatic carbocycles. The Labute approximate surface area is 167 Å². The van der Waals surface area contributed by atoms with Crippen molar-refractivity contribution in [1.29, 1.82) is 0 Å². The molecule has 0 amide bonds. The van der Waals surface area contributed by atoms with E-state index in [0.717, 1.165) is 29.8 Å². The number of hydrogen-bond acceptors (Lipinski definition) is 8. The quantitative estimate of drug-likeness (QED) is 0.250. The van der Waals surface area contributed by atoms with Gasteiger partial charge in [-0.05, 0) is 24.3 Å². The highest BCUT2D eigenvalue weighted by atomic mass is 32.2. The van der Waals surface area contributed by atoms with Gasteiger partial charge in [0.15, 0.2) is 15.6 Å². The zero-order valence-corrected chi connectivity index (χ0v) is 16.6. The highest BCUT2D eigenvalue weighted by Gasteiger charge is 2.24. The van der Waals surface area contributed by atoms with Crippen LogP contribution in [0.25, 0.3) is 10.9 Å². The average molecular weight is 434 g/mol. The third kappa shape index (κ3) is 4.63. The van der Waals surface area contributed by atoms with E-state index in [2.05, 4.69) is 4.98 Å². The van der Waals surface area contributed by atoms with Gasteiger partial charge in [0.2, 0.25) is 0 Å². The van der Waals surface area contributed by atoms with Crippen molar-refractivity contribution in [3.8, 4) is 5.75 Å². The standard InChI is InChI=1S/C18H14N2O7S2/c1-29(25,26)13-7-8-16(14(10-13)20(22)23)28(24)11-17(21)27-15-6-2-4-12-5-3-9-19-18(12)15/h2-10H,11H2,1H3. The predicted molar refractivity (Wildman–Crippen MR) is 105 cm³/mol. The summed E-state index contributed by atoms with van der Waals surface area (Å²) in [5.74, 6) is -1.35. The summed E-state index contributed by atoms with van der Waals surface area (Å²) in [6.45, 7) is 0. The van der Waals surface area contributed by atoms with E-state index >= 15 is 0 Å². The first-order valence-electron chi connectivity index (χ1n) is 8.08. The van der Waals surface area contributed by atoms with Gasteiger partial charge in [0.05, 0.1) is 20.6 Å². The van der Waals surface area contributed by atoms with Crippen molar-refractivity contribution >= 4 is 43.2 Å². The predicted octanol–water partition coefficient (Wildman–Crippen LogP) is 2.26. The van der Waals surface area contributed by atoms with Crippen molar-refractivity contribution in [3.63, 3.8) is 0 Å². The van der Waals surface area contributed by atoms with Crippen LogP contribution >= 0.6 is 0 Å². The Morgan fingerprint density at radius 3 is 2.62 bits per heavy atom. The molecule has 0 aliphatic rings. The SMILES string of the molecule is CS(=O)(=O)c1ccc(S(=O)CC(=O)Oc2cccc3cccnc23)c([N+](=O)[O-])c1. The number of hydrogen-bond donors (Lipinski definition) is 0. The van der Waals surface area contributed by atoms with Crippen molar-refractivity contribution in [3.05, 3.63) is 64.8 Å². The van der Waals surface area contributed by atoms with Crippen LogP contribution in [0, 0.1) is 10.1 Å². The number of ether oxygens (including phenoxy) is 1. The minimum Gasteiger partial charge on any atom is -0.423 e. The first kappa shape index (κ1) is 20.6. The van der Waals surface area contributed by atoms with Crippen LogP contribution in [0.3, 0.4) is 0 Å². The molecule has 0 N–H and O–H groups in total. The smallest absolute Gasteiger partial charge is 0.324 e. The topological polar surface area (TPSA) is 134 Å². The number of benzene rings is 2. The van der Waals surface area contributed by atoms with Crippen LogP contribution in [0.1, 0.15) is 0 Å². The molecule has 1 heterocycles. The Bertz CT molecular complexity index is 1250. The maximum atomic E-state index is 12.5. The third-order valence-electron chi connectivity index (χ3n) is 3.87. The number of aromatic nitrogens is 1. The average Bonchev–Trinajstić information content (AvgIpc) is 2.67. The molecule has 0 aliphatic heterocycles. The van der Waals surface area contributed by atoms with Gasteiger partial charge in [-0.2, -0.15) is 0 Å². The zero-order chi connectivity index (χ0) is 21.2. The molecular weight excluding hydrogens is 420 g/mol. The maximum absolute atomic E-state index is 12.5. The van der Waals surface area contributed by atoms with E-state index in [1.165, 1.54) is 12.3 Å². The Morgan fingerprint density at radius 2 is 1.93 bits per heavy atom. The van der Waals surface area contributed by atoms with E-state index in [9.17, 15) is 27.5 Å². The lowest BCUT2D eigenvalue weighted by Gasteiger charge is -2.08. The van der Waals surface area contributed by atoms with Crippen LogP contribution in [-0.2, 0) is 25.4 Å². The summed E-state index contributed by atoms with van der Waals surface area (Å²) >= 11 is 0. The molecule has 29 heavy (non-hydrogen) atoms. The Morgan fingerprint density at radius 1 is 1.21 bits per heavy atom. The van der Waals surface area contributed by atoms with E-state index in [1.807, 2.05) is 0 Å². The lowest BCUT2D eigenvalue weighted by molar-refractivity contribution is -0.388. The van der Waals surface area contributed by atoms with Crippen molar-refractivity contribution in [2.75, 3.05) is 12.0 Å². The number of para-hydroxylation sites is 1. The molecule has 0 saturated carbocycles. The summed E-state index contributed by atoms with van der Waals surface area (Å²) in [6, 6.07) is 11.5. The number of esters is 1. The number of nitro groups is 1. The van der Waals surface area contributed by atoms with Crippen LogP contribution in [0.5, 0.6) is 5.75 Å². The molecule has 9 nitrogen and oxygen atoms in total. The van der Waals surface area contributed by atoms with Gasteiger partial charge < -0.3 is 4.74 Å². The van der Waals surface area contributed by atoms with Gasteiger partial charge in [0.1, 0.15) is 16.2 Å². The normalized spacial score (nSPS) is 12.4. The summed E-state index contributed by atoms with van der Waals surface area (Å²) < 4.78 is 41.0. The number of rotatable bonds is 6. The van der Waals surface area contributed by atoms with E-state index in [1.54, 1.807) is 24.3 Å². The van der Waals surface area contributed by atoms with Crippen LogP contribution in [-0.4, -0.2) is 40.5 Å². The maximum Gasteiger partial charge on any atom is 0.324 e. The summed E-state index contributed by atoms with van der Waals surface area (Å²) in [6.07, 6.45) is 2.43. The van der Waals surface area contributed by atoms with Gasteiger partial charge in [-0.25, -0.2) is 8.42 Å². The third-order valence-corrected chi connectivity index (χ3v) is 6.31. The first-order valence-corrected chi connectivity index (χ1v) is 11.3. The van der Waals surface area contributed by atoms with Crippen molar-refractivity contribution in [1.82, 2.24) is 4.98 Å². The van der Waals surface area contributed by atoms with E-state index < -0.39 is 43.0 Å². The number of pyridine rings is 1. The fraction of sp³-hybridized carbons (Fsp3) is 0.111. The summed E-state index contributed by atoms with van der Waals surface area (Å²) in [5.41, 5.74) is -0.205. The van der Waals surface area contributed by atoms with Crippen LogP contribution in [0.4, 0.5) is 5.69 Å². The second kappa shape index (κ2) is 8.05. The van der Waals surface area contributed by atoms with Gasteiger partial charge in [-0.3, -0.25) is 24.1 Å². The van der Waals surface area contributed by atoms with Crippen LogP contribution < -0.4 is 4.74 Å². The lowest BCUT2D eigenvalue weighted by atomic mass is 10.2. The van der Waals surface area contributed by atoms with Crippen molar-refractivity contribution in [2.45, 2.75) is 9.79 Å². The molecule has 0 bridgehead atoms. The molecule has 0 radical (unpaired) electrons. The van der Waals surface area contributed by atoms with Crippen LogP contribution in [0.2, 0.25) is 0 Å². The molecule has 0 aliphatic carbocycles. The molecule has 1 atom stereocenters. The Kier molecular flexibility index (Phi) is 5.71. The molecule has 1 unspecified atom stereocenters. The fourth-order valence-electron chi connectivity index (χ4n) is 2.56. The number of carbonyl (C=O) groups is 1. The second-order valence-electron chi connectivity index (χ2n) is 5.95. The minimum atomic E-state index is -3.69. The number of sulfone groups is 1. The van der Waals surface area contributed by atoms with Gasteiger partial charge in [-0.15, -0.1) is 0 Å². The van der Waals surface area contributed by atoms with Gasteiger partial charge in [-0.1, -0.05) is 18.2 Å². The molecule has 0 spiro atoms. The second-order valence-corrected chi connectivity index (χ2v) is 9.39. The molecular formula is C18H14N2O7S2. The zero-order valence-electron chi connectivity index (χ0n) is 15.0. The number of carbonyl (C=O) groups excluding carboxylic acids is 1.